The van der Waals surface area contributed by atoms with Gasteiger partial charge in [0.15, 0.2) is 0 Å². The number of thiazole rings is 1. The Morgan fingerprint density at radius 2 is 2.22 bits per heavy atom. The highest BCUT2D eigenvalue weighted by Gasteiger charge is 2.43. The minimum absolute atomic E-state index is 0.0735. The van der Waals surface area contributed by atoms with E-state index in [2.05, 4.69) is 4.98 Å². The van der Waals surface area contributed by atoms with Crippen molar-refractivity contribution in [1.82, 2.24) is 9.88 Å². The number of rotatable bonds is 5. The lowest BCUT2D eigenvalue weighted by Crippen LogP contribution is -2.43. The molecule has 3 fully saturated rings. The molecule has 1 atom stereocenters. The van der Waals surface area contributed by atoms with Crippen LogP contribution in [0.4, 0.5) is 0 Å². The van der Waals surface area contributed by atoms with Gasteiger partial charge in [-0.3, -0.25) is 4.79 Å². The van der Waals surface area contributed by atoms with E-state index in [9.17, 15) is 4.79 Å². The molecule has 1 spiro atoms. The van der Waals surface area contributed by atoms with Crippen molar-refractivity contribution < 1.29 is 14.3 Å². The van der Waals surface area contributed by atoms with Crippen LogP contribution in [0.15, 0.2) is 10.9 Å². The lowest BCUT2D eigenvalue weighted by Gasteiger charge is -2.38. The van der Waals surface area contributed by atoms with Crippen LogP contribution in [0.5, 0.6) is 0 Å². The average Bonchev–Trinajstić information content (AvgIpc) is 3.08. The van der Waals surface area contributed by atoms with Crippen LogP contribution < -0.4 is 0 Å². The smallest absolute Gasteiger partial charge is 0.273 e. The fourth-order valence-corrected chi connectivity index (χ4v) is 4.19. The monoisotopic (exact) mass is 336 g/mol. The third kappa shape index (κ3) is 3.59. The quantitative estimate of drug-likeness (QED) is 0.829. The Hall–Kier alpha value is -0.980. The molecule has 6 heteroatoms. The van der Waals surface area contributed by atoms with Crippen LogP contribution in [0.25, 0.3) is 0 Å². The maximum atomic E-state index is 12.4. The highest BCUT2D eigenvalue weighted by molar-refractivity contribution is 7.07. The summed E-state index contributed by atoms with van der Waals surface area (Å²) in [6.45, 7) is 4.09. The first-order valence-electron chi connectivity index (χ1n) is 8.61. The van der Waals surface area contributed by atoms with Crippen molar-refractivity contribution in [2.45, 2.75) is 38.2 Å². The predicted molar refractivity (Wildman–Crippen MR) is 87.6 cm³/mol. The molecule has 1 aromatic heterocycles. The molecular formula is C17H24N2O3S. The first-order chi connectivity index (χ1) is 11.2. The van der Waals surface area contributed by atoms with E-state index in [0.717, 1.165) is 58.1 Å². The highest BCUT2D eigenvalue weighted by Crippen LogP contribution is 2.42. The number of hydrogen-bond donors (Lipinski definition) is 0. The summed E-state index contributed by atoms with van der Waals surface area (Å²) in [6, 6.07) is 0. The van der Waals surface area contributed by atoms with Crippen LogP contribution in [0.2, 0.25) is 0 Å². The molecule has 1 saturated carbocycles. The number of hydrogen-bond acceptors (Lipinski definition) is 5. The minimum atomic E-state index is 0.0735. The second kappa shape index (κ2) is 6.49. The van der Waals surface area contributed by atoms with Gasteiger partial charge in [-0.25, -0.2) is 4.98 Å². The molecule has 0 aromatic carbocycles. The van der Waals surface area contributed by atoms with E-state index in [4.69, 9.17) is 9.47 Å². The molecule has 0 N–H and O–H groups in total. The van der Waals surface area contributed by atoms with Crippen molar-refractivity contribution >= 4 is 17.2 Å². The van der Waals surface area contributed by atoms with Crippen LogP contribution in [0.1, 0.15) is 42.6 Å². The number of amides is 1. The Bertz CT molecular complexity index is 536. The summed E-state index contributed by atoms with van der Waals surface area (Å²) < 4.78 is 11.8. The van der Waals surface area contributed by atoms with Gasteiger partial charge in [0.2, 0.25) is 0 Å². The fraction of sp³-hybridized carbons (Fsp3) is 0.765. The molecular weight excluding hydrogens is 312 g/mol. The third-order valence-corrected chi connectivity index (χ3v) is 5.99. The normalized spacial score (nSPS) is 26.8. The molecule has 3 aliphatic rings. The van der Waals surface area contributed by atoms with Gasteiger partial charge in [0.1, 0.15) is 5.69 Å². The standard InChI is InChI=1S/C17H24N2O3S/c20-16(15-10-23-12-18-15)19-5-3-17(4-6-19)7-14(22-11-17)9-21-8-13-1-2-13/h10,12-14H,1-9,11H2/t14-/m1/s1. The van der Waals surface area contributed by atoms with Crippen molar-refractivity contribution in [2.24, 2.45) is 11.3 Å². The molecule has 0 bridgehead atoms. The number of likely N-dealkylation sites (tertiary alicyclic amines) is 1. The van der Waals surface area contributed by atoms with Crippen LogP contribution in [-0.4, -0.2) is 54.8 Å². The van der Waals surface area contributed by atoms with Gasteiger partial charge in [-0.1, -0.05) is 0 Å². The van der Waals surface area contributed by atoms with E-state index in [0.29, 0.717) is 5.69 Å². The van der Waals surface area contributed by atoms with Gasteiger partial charge >= 0.3 is 0 Å². The second-order valence-electron chi connectivity index (χ2n) is 7.28. The first-order valence-corrected chi connectivity index (χ1v) is 9.55. The van der Waals surface area contributed by atoms with E-state index >= 15 is 0 Å². The molecule has 4 rings (SSSR count). The molecule has 0 unspecified atom stereocenters. The zero-order valence-corrected chi connectivity index (χ0v) is 14.2. The lowest BCUT2D eigenvalue weighted by atomic mass is 9.76. The van der Waals surface area contributed by atoms with Crippen molar-refractivity contribution in [3.8, 4) is 0 Å². The maximum Gasteiger partial charge on any atom is 0.273 e. The molecule has 5 nitrogen and oxygen atoms in total. The molecule has 3 heterocycles. The highest BCUT2D eigenvalue weighted by atomic mass is 32.1. The van der Waals surface area contributed by atoms with Crippen molar-refractivity contribution in [2.75, 3.05) is 32.9 Å². The molecule has 1 aliphatic carbocycles. The third-order valence-electron chi connectivity index (χ3n) is 5.40. The number of carbonyl (C=O) groups is 1. The van der Waals surface area contributed by atoms with E-state index in [1.807, 2.05) is 10.3 Å². The van der Waals surface area contributed by atoms with E-state index in [-0.39, 0.29) is 17.4 Å². The number of nitrogens with zero attached hydrogens (tertiary/aromatic N) is 2. The molecule has 1 aromatic rings. The van der Waals surface area contributed by atoms with Crippen molar-refractivity contribution in [3.63, 3.8) is 0 Å². The van der Waals surface area contributed by atoms with Gasteiger partial charge in [-0.15, -0.1) is 11.3 Å². The zero-order valence-electron chi connectivity index (χ0n) is 13.4. The molecule has 23 heavy (non-hydrogen) atoms. The Morgan fingerprint density at radius 1 is 1.39 bits per heavy atom. The van der Waals surface area contributed by atoms with Crippen molar-refractivity contribution in [3.05, 3.63) is 16.6 Å². The minimum Gasteiger partial charge on any atom is -0.378 e. The van der Waals surface area contributed by atoms with E-state index < -0.39 is 0 Å². The SMILES string of the molecule is O=C(c1cscn1)N1CCC2(CC1)CO[C@@H](COCC1CC1)C2. The van der Waals surface area contributed by atoms with E-state index in [1.165, 1.54) is 24.2 Å². The number of aromatic nitrogens is 1. The Labute approximate surface area is 141 Å². The van der Waals surface area contributed by atoms with Gasteiger partial charge in [0.05, 0.1) is 24.8 Å². The summed E-state index contributed by atoms with van der Waals surface area (Å²) in [7, 11) is 0. The summed E-state index contributed by atoms with van der Waals surface area (Å²) in [5, 5.41) is 1.83. The van der Waals surface area contributed by atoms with Crippen LogP contribution >= 0.6 is 11.3 Å². The van der Waals surface area contributed by atoms with Crippen molar-refractivity contribution in [1.29, 1.82) is 0 Å². The number of carbonyl (C=O) groups excluding carboxylic acids is 1. The summed E-state index contributed by atoms with van der Waals surface area (Å²) in [6.07, 6.45) is 6.05. The second-order valence-corrected chi connectivity index (χ2v) is 8.00. The van der Waals surface area contributed by atoms with Gasteiger partial charge in [-0.05, 0) is 43.4 Å². The van der Waals surface area contributed by atoms with Crippen LogP contribution in [-0.2, 0) is 9.47 Å². The summed E-state index contributed by atoms with van der Waals surface area (Å²) in [5.74, 6) is 0.884. The molecule has 1 amide bonds. The number of piperidine rings is 1. The van der Waals surface area contributed by atoms with Crippen LogP contribution in [0.3, 0.4) is 0 Å². The Kier molecular flexibility index (Phi) is 4.39. The lowest BCUT2D eigenvalue weighted by molar-refractivity contribution is 0.00937. The van der Waals surface area contributed by atoms with E-state index in [1.54, 1.807) is 5.51 Å². The first kappa shape index (κ1) is 15.5. The van der Waals surface area contributed by atoms with Gasteiger partial charge in [0, 0.05) is 25.1 Å². The predicted octanol–water partition coefficient (Wildman–Crippen LogP) is 2.58. The van der Waals surface area contributed by atoms with Gasteiger partial charge < -0.3 is 14.4 Å². The Balaban J connectivity index is 1.25. The summed E-state index contributed by atoms with van der Waals surface area (Å²) >= 11 is 1.47. The average molecular weight is 336 g/mol. The van der Waals surface area contributed by atoms with Gasteiger partial charge in [0.25, 0.3) is 5.91 Å². The zero-order chi connectivity index (χ0) is 15.7. The van der Waals surface area contributed by atoms with Gasteiger partial charge in [-0.2, -0.15) is 0 Å². The Morgan fingerprint density at radius 3 is 2.91 bits per heavy atom. The molecule has 0 radical (unpaired) electrons. The molecule has 126 valence electrons. The maximum absolute atomic E-state index is 12.4. The largest absolute Gasteiger partial charge is 0.378 e. The fourth-order valence-electron chi connectivity index (χ4n) is 3.67. The number of ether oxygens (including phenoxy) is 2. The summed E-state index contributed by atoms with van der Waals surface area (Å²) in [4.78, 5) is 18.4. The summed E-state index contributed by atoms with van der Waals surface area (Å²) in [5.41, 5.74) is 2.56. The molecule has 2 aliphatic heterocycles. The molecule has 2 saturated heterocycles. The topological polar surface area (TPSA) is 51.7 Å². The van der Waals surface area contributed by atoms with Crippen LogP contribution in [0, 0.1) is 11.3 Å².